The van der Waals surface area contributed by atoms with Crippen molar-refractivity contribution in [3.8, 4) is 11.8 Å². The number of hydrogen-bond acceptors (Lipinski definition) is 6. The van der Waals surface area contributed by atoms with E-state index in [0.717, 1.165) is 18.1 Å². The SMILES string of the molecule is CCc1nc(NC)cc(Nc2c(C#N)cccc2OC)n1. The summed E-state index contributed by atoms with van der Waals surface area (Å²) >= 11 is 0. The zero-order valence-electron chi connectivity index (χ0n) is 12.3. The summed E-state index contributed by atoms with van der Waals surface area (Å²) in [5, 5.41) is 15.4. The molecule has 1 aromatic heterocycles. The minimum Gasteiger partial charge on any atom is -0.495 e. The van der Waals surface area contributed by atoms with Crippen molar-refractivity contribution in [3.05, 3.63) is 35.7 Å². The van der Waals surface area contributed by atoms with Crippen molar-refractivity contribution in [2.45, 2.75) is 13.3 Å². The van der Waals surface area contributed by atoms with Crippen LogP contribution in [-0.2, 0) is 6.42 Å². The van der Waals surface area contributed by atoms with Crippen molar-refractivity contribution in [1.82, 2.24) is 9.97 Å². The lowest BCUT2D eigenvalue weighted by Crippen LogP contribution is -2.04. The molecule has 1 aromatic carbocycles. The summed E-state index contributed by atoms with van der Waals surface area (Å²) in [4.78, 5) is 8.76. The molecule has 2 N–H and O–H groups in total. The molecule has 6 heteroatoms. The fraction of sp³-hybridized carbons (Fsp3) is 0.267. The molecule has 0 fully saturated rings. The number of nitrogens with one attached hydrogen (secondary N) is 2. The van der Waals surface area contributed by atoms with Crippen molar-refractivity contribution in [3.63, 3.8) is 0 Å². The average molecular weight is 283 g/mol. The maximum atomic E-state index is 9.23. The molecule has 0 saturated heterocycles. The van der Waals surface area contributed by atoms with Crippen LogP contribution in [0.3, 0.4) is 0 Å². The largest absolute Gasteiger partial charge is 0.495 e. The van der Waals surface area contributed by atoms with Gasteiger partial charge in [-0.2, -0.15) is 5.26 Å². The van der Waals surface area contributed by atoms with Crippen LogP contribution < -0.4 is 15.4 Å². The molecule has 1 heterocycles. The summed E-state index contributed by atoms with van der Waals surface area (Å²) in [5.41, 5.74) is 1.10. The number of benzene rings is 1. The first-order chi connectivity index (χ1) is 10.2. The third kappa shape index (κ3) is 3.20. The van der Waals surface area contributed by atoms with Crippen LogP contribution in [0.15, 0.2) is 24.3 Å². The number of ether oxygens (including phenoxy) is 1. The van der Waals surface area contributed by atoms with Gasteiger partial charge >= 0.3 is 0 Å². The topological polar surface area (TPSA) is 82.9 Å². The van der Waals surface area contributed by atoms with E-state index in [9.17, 15) is 5.26 Å². The van der Waals surface area contributed by atoms with Crippen molar-refractivity contribution in [2.24, 2.45) is 0 Å². The van der Waals surface area contributed by atoms with E-state index < -0.39 is 0 Å². The molecule has 2 rings (SSSR count). The van der Waals surface area contributed by atoms with Gasteiger partial charge in [0.2, 0.25) is 0 Å². The monoisotopic (exact) mass is 283 g/mol. The van der Waals surface area contributed by atoms with Gasteiger partial charge in [-0.3, -0.25) is 0 Å². The molecule has 0 unspecified atom stereocenters. The van der Waals surface area contributed by atoms with Gasteiger partial charge in [0.1, 0.15) is 35.0 Å². The molecule has 0 spiro atoms. The molecule has 0 atom stereocenters. The van der Waals surface area contributed by atoms with Crippen LogP contribution in [0, 0.1) is 11.3 Å². The summed E-state index contributed by atoms with van der Waals surface area (Å²) in [6.45, 7) is 1.99. The molecule has 0 aliphatic carbocycles. The van der Waals surface area contributed by atoms with E-state index in [1.54, 1.807) is 38.4 Å². The van der Waals surface area contributed by atoms with Gasteiger partial charge in [-0.15, -0.1) is 0 Å². The van der Waals surface area contributed by atoms with E-state index in [-0.39, 0.29) is 0 Å². The molecule has 0 radical (unpaired) electrons. The molecule has 0 bridgehead atoms. The number of rotatable bonds is 5. The smallest absolute Gasteiger partial charge is 0.143 e. The third-order valence-electron chi connectivity index (χ3n) is 2.96. The molecular weight excluding hydrogens is 266 g/mol. The van der Waals surface area contributed by atoms with Gasteiger partial charge in [0.15, 0.2) is 0 Å². The first-order valence-electron chi connectivity index (χ1n) is 6.61. The number of aryl methyl sites for hydroxylation is 1. The summed E-state index contributed by atoms with van der Waals surface area (Å²) in [6, 6.07) is 9.23. The molecule has 0 aliphatic heterocycles. The Morgan fingerprint density at radius 1 is 1.29 bits per heavy atom. The quantitative estimate of drug-likeness (QED) is 0.878. The summed E-state index contributed by atoms with van der Waals surface area (Å²) in [6.07, 6.45) is 0.723. The van der Waals surface area contributed by atoms with E-state index in [1.165, 1.54) is 0 Å². The fourth-order valence-corrected chi connectivity index (χ4v) is 1.90. The van der Waals surface area contributed by atoms with E-state index in [2.05, 4.69) is 26.7 Å². The molecule has 0 aliphatic rings. The predicted molar refractivity (Wildman–Crippen MR) is 81.9 cm³/mol. The average Bonchev–Trinajstić information content (AvgIpc) is 2.54. The predicted octanol–water partition coefficient (Wildman–Crippen LogP) is 2.70. The van der Waals surface area contributed by atoms with Crippen LogP contribution >= 0.6 is 0 Å². The first-order valence-corrected chi connectivity index (χ1v) is 6.61. The highest BCUT2D eigenvalue weighted by atomic mass is 16.5. The maximum Gasteiger partial charge on any atom is 0.143 e. The highest BCUT2D eigenvalue weighted by Gasteiger charge is 2.11. The number of methoxy groups -OCH3 is 1. The molecule has 108 valence electrons. The number of nitrogens with zero attached hydrogens (tertiary/aromatic N) is 3. The molecule has 0 saturated carbocycles. The molecule has 6 nitrogen and oxygen atoms in total. The van der Waals surface area contributed by atoms with Crippen molar-refractivity contribution < 1.29 is 4.74 Å². The van der Waals surface area contributed by atoms with Gasteiger partial charge in [0, 0.05) is 19.5 Å². The minimum atomic E-state index is 0.497. The molecular formula is C15H17N5O. The van der Waals surface area contributed by atoms with E-state index in [0.29, 0.717) is 22.8 Å². The Kier molecular flexibility index (Phi) is 4.57. The van der Waals surface area contributed by atoms with Crippen LogP contribution in [0.25, 0.3) is 0 Å². The zero-order chi connectivity index (χ0) is 15.2. The highest BCUT2D eigenvalue weighted by Crippen LogP contribution is 2.30. The molecule has 0 amide bonds. The van der Waals surface area contributed by atoms with Crippen molar-refractivity contribution in [2.75, 3.05) is 24.8 Å². The van der Waals surface area contributed by atoms with Gasteiger partial charge in [-0.1, -0.05) is 13.0 Å². The van der Waals surface area contributed by atoms with Crippen LogP contribution in [0.5, 0.6) is 5.75 Å². The summed E-state index contributed by atoms with van der Waals surface area (Å²) < 4.78 is 5.30. The fourth-order valence-electron chi connectivity index (χ4n) is 1.90. The van der Waals surface area contributed by atoms with E-state index in [1.807, 2.05) is 6.92 Å². The normalized spacial score (nSPS) is 9.81. The number of aromatic nitrogens is 2. The van der Waals surface area contributed by atoms with Crippen LogP contribution in [-0.4, -0.2) is 24.1 Å². The molecule has 21 heavy (non-hydrogen) atoms. The van der Waals surface area contributed by atoms with Crippen LogP contribution in [0.2, 0.25) is 0 Å². The Hall–Kier alpha value is -2.81. The van der Waals surface area contributed by atoms with Crippen LogP contribution in [0.1, 0.15) is 18.3 Å². The van der Waals surface area contributed by atoms with Crippen molar-refractivity contribution in [1.29, 1.82) is 5.26 Å². The first kappa shape index (κ1) is 14.6. The van der Waals surface area contributed by atoms with E-state index >= 15 is 0 Å². The third-order valence-corrected chi connectivity index (χ3v) is 2.96. The summed E-state index contributed by atoms with van der Waals surface area (Å²) in [7, 11) is 3.37. The Balaban J connectivity index is 2.45. The Bertz CT molecular complexity index is 656. The van der Waals surface area contributed by atoms with Gasteiger partial charge in [-0.05, 0) is 12.1 Å². The highest BCUT2D eigenvalue weighted by molar-refractivity contribution is 5.72. The van der Waals surface area contributed by atoms with Gasteiger partial charge < -0.3 is 15.4 Å². The second-order valence-electron chi connectivity index (χ2n) is 4.28. The second-order valence-corrected chi connectivity index (χ2v) is 4.28. The molecule has 2 aromatic rings. The minimum absolute atomic E-state index is 0.497. The van der Waals surface area contributed by atoms with Gasteiger partial charge in [0.25, 0.3) is 0 Å². The number of hydrogen-bond donors (Lipinski definition) is 2. The van der Waals surface area contributed by atoms with E-state index in [4.69, 9.17) is 4.74 Å². The maximum absolute atomic E-state index is 9.23. The number of para-hydroxylation sites is 1. The number of nitriles is 1. The van der Waals surface area contributed by atoms with Crippen LogP contribution in [0.4, 0.5) is 17.3 Å². The zero-order valence-corrected chi connectivity index (χ0v) is 12.3. The van der Waals surface area contributed by atoms with Gasteiger partial charge in [-0.25, -0.2) is 9.97 Å². The lowest BCUT2D eigenvalue weighted by molar-refractivity contribution is 0.416. The lowest BCUT2D eigenvalue weighted by atomic mass is 10.2. The lowest BCUT2D eigenvalue weighted by Gasteiger charge is -2.13. The van der Waals surface area contributed by atoms with Crippen molar-refractivity contribution >= 4 is 17.3 Å². The summed E-state index contributed by atoms with van der Waals surface area (Å²) in [5.74, 6) is 2.65. The standard InChI is InChI=1S/C15H17N5O/c1-4-12-18-13(17-2)8-14(19-12)20-15-10(9-16)6-5-7-11(15)21-3/h5-8H,4H2,1-3H3,(H2,17,18,19,20). The Morgan fingerprint density at radius 2 is 2.05 bits per heavy atom. The van der Waals surface area contributed by atoms with Gasteiger partial charge in [0.05, 0.1) is 12.7 Å². The Labute approximate surface area is 123 Å². The Morgan fingerprint density at radius 3 is 2.67 bits per heavy atom. The number of anilines is 3. The second kappa shape index (κ2) is 6.57.